The molecule has 0 unspecified atom stereocenters. The van der Waals surface area contributed by atoms with Crippen LogP contribution in [-0.4, -0.2) is 27.8 Å². The lowest BCUT2D eigenvalue weighted by Gasteiger charge is -2.00. The van der Waals surface area contributed by atoms with Crippen LogP contribution in [-0.2, 0) is 0 Å². The standard InChI is InChI=1S/C13H11N3O3S/c17-6-2-1-3-10-7-9(8-20-10)13(19)14-11-4-5-12(18)16-15-11/h4-5,7-8,17H,2,6H2,(H,16,18)(H,14,15,19). The maximum Gasteiger partial charge on any atom is 0.264 e. The minimum Gasteiger partial charge on any atom is -0.395 e. The van der Waals surface area contributed by atoms with E-state index < -0.39 is 0 Å². The molecule has 0 spiro atoms. The molecule has 0 aromatic carbocycles. The Bertz CT molecular complexity index is 704. The van der Waals surface area contributed by atoms with Crippen LogP contribution >= 0.6 is 11.3 Å². The molecule has 0 aliphatic heterocycles. The van der Waals surface area contributed by atoms with E-state index in [9.17, 15) is 9.59 Å². The van der Waals surface area contributed by atoms with Crippen molar-refractivity contribution in [3.05, 3.63) is 44.4 Å². The Morgan fingerprint density at radius 2 is 2.35 bits per heavy atom. The number of amides is 1. The van der Waals surface area contributed by atoms with Crippen LogP contribution in [0.4, 0.5) is 5.82 Å². The molecule has 0 atom stereocenters. The molecule has 0 fully saturated rings. The Kier molecular flexibility index (Phi) is 4.65. The Balaban J connectivity index is 2.05. The highest BCUT2D eigenvalue weighted by atomic mass is 32.1. The number of nitrogens with one attached hydrogen (secondary N) is 2. The second kappa shape index (κ2) is 6.65. The molecule has 6 nitrogen and oxygen atoms in total. The van der Waals surface area contributed by atoms with Gasteiger partial charge in [-0.15, -0.1) is 11.3 Å². The van der Waals surface area contributed by atoms with Crippen molar-refractivity contribution in [1.29, 1.82) is 0 Å². The van der Waals surface area contributed by atoms with Crippen molar-refractivity contribution in [3.8, 4) is 11.8 Å². The Morgan fingerprint density at radius 1 is 1.50 bits per heavy atom. The van der Waals surface area contributed by atoms with E-state index in [0.29, 0.717) is 12.0 Å². The van der Waals surface area contributed by atoms with Crippen LogP contribution < -0.4 is 10.9 Å². The fraction of sp³-hybridized carbons (Fsp3) is 0.154. The number of H-pyrrole nitrogens is 1. The zero-order chi connectivity index (χ0) is 14.4. The van der Waals surface area contributed by atoms with Crippen LogP contribution in [0.1, 0.15) is 21.7 Å². The van der Waals surface area contributed by atoms with E-state index in [4.69, 9.17) is 5.11 Å². The number of hydrogen-bond acceptors (Lipinski definition) is 5. The van der Waals surface area contributed by atoms with Gasteiger partial charge in [0.25, 0.3) is 11.5 Å². The van der Waals surface area contributed by atoms with Crippen molar-refractivity contribution >= 4 is 23.1 Å². The molecule has 7 heteroatoms. The van der Waals surface area contributed by atoms with Crippen molar-refractivity contribution in [2.45, 2.75) is 6.42 Å². The third-order valence-electron chi connectivity index (χ3n) is 2.23. The SMILES string of the molecule is O=C(Nc1ccc(=O)[nH]n1)c1csc(C#CCCO)c1. The van der Waals surface area contributed by atoms with Gasteiger partial charge in [0.2, 0.25) is 0 Å². The maximum atomic E-state index is 11.9. The smallest absolute Gasteiger partial charge is 0.264 e. The molecular weight excluding hydrogens is 278 g/mol. The summed E-state index contributed by atoms with van der Waals surface area (Å²) >= 11 is 1.35. The lowest BCUT2D eigenvalue weighted by molar-refractivity contribution is 0.102. The summed E-state index contributed by atoms with van der Waals surface area (Å²) < 4.78 is 0. The number of aliphatic hydroxyl groups excluding tert-OH is 1. The monoisotopic (exact) mass is 289 g/mol. The molecule has 3 N–H and O–H groups in total. The number of carbonyl (C=O) groups is 1. The number of carbonyl (C=O) groups excluding carboxylic acids is 1. The first-order valence-electron chi connectivity index (χ1n) is 5.74. The number of hydrogen-bond donors (Lipinski definition) is 3. The Labute approximate surface area is 118 Å². The highest BCUT2D eigenvalue weighted by Crippen LogP contribution is 2.14. The topological polar surface area (TPSA) is 95.1 Å². The van der Waals surface area contributed by atoms with Crippen LogP contribution in [0, 0.1) is 11.8 Å². The van der Waals surface area contributed by atoms with Gasteiger partial charge in [-0.05, 0) is 12.1 Å². The number of rotatable bonds is 3. The molecule has 1 amide bonds. The fourth-order valence-corrected chi connectivity index (χ4v) is 2.08. The summed E-state index contributed by atoms with van der Waals surface area (Å²) in [4.78, 5) is 23.5. The highest BCUT2D eigenvalue weighted by Gasteiger charge is 2.09. The first-order valence-corrected chi connectivity index (χ1v) is 6.62. The minimum absolute atomic E-state index is 0.0175. The van der Waals surface area contributed by atoms with E-state index in [1.165, 1.54) is 23.5 Å². The molecule has 0 saturated heterocycles. The Morgan fingerprint density at radius 3 is 3.05 bits per heavy atom. The normalized spacial score (nSPS) is 9.65. The van der Waals surface area contributed by atoms with Gasteiger partial charge in [0.15, 0.2) is 5.82 Å². The number of aliphatic hydroxyl groups is 1. The molecule has 2 aromatic heterocycles. The average Bonchev–Trinajstić information content (AvgIpc) is 2.91. The van der Waals surface area contributed by atoms with Gasteiger partial charge < -0.3 is 10.4 Å². The third-order valence-corrected chi connectivity index (χ3v) is 3.08. The molecule has 0 bridgehead atoms. The summed E-state index contributed by atoms with van der Waals surface area (Å²) in [5, 5.41) is 18.8. The maximum absolute atomic E-state index is 11.9. The van der Waals surface area contributed by atoms with E-state index in [0.717, 1.165) is 4.88 Å². The number of nitrogens with zero attached hydrogens (tertiary/aromatic N) is 1. The van der Waals surface area contributed by atoms with E-state index in [2.05, 4.69) is 27.4 Å². The van der Waals surface area contributed by atoms with Gasteiger partial charge in [0, 0.05) is 17.9 Å². The van der Waals surface area contributed by atoms with Crippen molar-refractivity contribution in [1.82, 2.24) is 10.2 Å². The lowest BCUT2D eigenvalue weighted by Crippen LogP contribution is -2.15. The van der Waals surface area contributed by atoms with Crippen LogP contribution in [0.25, 0.3) is 0 Å². The van der Waals surface area contributed by atoms with Gasteiger partial charge in [-0.1, -0.05) is 11.8 Å². The molecule has 0 aliphatic carbocycles. The zero-order valence-corrected chi connectivity index (χ0v) is 11.2. The summed E-state index contributed by atoms with van der Waals surface area (Å²) in [7, 11) is 0. The van der Waals surface area contributed by atoms with Gasteiger partial charge in [0.05, 0.1) is 17.0 Å². The molecule has 2 aromatic rings. The zero-order valence-electron chi connectivity index (χ0n) is 10.3. The van der Waals surface area contributed by atoms with Crippen molar-refractivity contribution in [2.75, 3.05) is 11.9 Å². The van der Waals surface area contributed by atoms with Crippen molar-refractivity contribution < 1.29 is 9.90 Å². The largest absolute Gasteiger partial charge is 0.395 e. The molecular formula is C13H11N3O3S. The van der Waals surface area contributed by atoms with Crippen molar-refractivity contribution in [2.24, 2.45) is 0 Å². The van der Waals surface area contributed by atoms with Gasteiger partial charge in [-0.2, -0.15) is 5.10 Å². The predicted molar refractivity (Wildman–Crippen MR) is 75.7 cm³/mol. The van der Waals surface area contributed by atoms with E-state index in [-0.39, 0.29) is 23.9 Å². The van der Waals surface area contributed by atoms with Gasteiger partial charge in [0.1, 0.15) is 0 Å². The van der Waals surface area contributed by atoms with Crippen LogP contribution in [0.2, 0.25) is 0 Å². The third kappa shape index (κ3) is 3.78. The summed E-state index contributed by atoms with van der Waals surface area (Å²) in [6.45, 7) is 0.0175. The molecule has 0 saturated carbocycles. The summed E-state index contributed by atoms with van der Waals surface area (Å²) in [5.41, 5.74) is 0.135. The molecule has 2 rings (SSSR count). The summed E-state index contributed by atoms with van der Waals surface area (Å²) in [6, 6.07) is 4.36. The molecule has 2 heterocycles. The predicted octanol–water partition coefficient (Wildman–Crippen LogP) is 0.818. The van der Waals surface area contributed by atoms with Crippen LogP contribution in [0.15, 0.2) is 28.4 Å². The number of aromatic nitrogens is 2. The van der Waals surface area contributed by atoms with Crippen molar-refractivity contribution in [3.63, 3.8) is 0 Å². The first-order chi connectivity index (χ1) is 9.69. The first kappa shape index (κ1) is 14.0. The summed E-state index contributed by atoms with van der Waals surface area (Å²) in [5.74, 6) is 5.59. The van der Waals surface area contributed by atoms with Crippen LogP contribution in [0.5, 0.6) is 0 Å². The molecule has 0 aliphatic rings. The lowest BCUT2D eigenvalue weighted by atomic mass is 10.3. The van der Waals surface area contributed by atoms with Crippen LogP contribution in [0.3, 0.4) is 0 Å². The summed E-state index contributed by atoms with van der Waals surface area (Å²) in [6.07, 6.45) is 0.404. The van der Waals surface area contributed by atoms with E-state index in [1.807, 2.05) is 0 Å². The second-order valence-corrected chi connectivity index (χ2v) is 4.65. The second-order valence-electron chi connectivity index (χ2n) is 3.74. The minimum atomic E-state index is -0.333. The molecule has 0 radical (unpaired) electrons. The molecule has 20 heavy (non-hydrogen) atoms. The number of anilines is 1. The van der Waals surface area contributed by atoms with Gasteiger partial charge in [-0.3, -0.25) is 9.59 Å². The van der Waals surface area contributed by atoms with Gasteiger partial charge >= 0.3 is 0 Å². The molecule has 102 valence electrons. The number of aromatic amines is 1. The van der Waals surface area contributed by atoms with E-state index >= 15 is 0 Å². The fourth-order valence-electron chi connectivity index (χ4n) is 1.33. The quantitative estimate of drug-likeness (QED) is 0.729. The van der Waals surface area contributed by atoms with E-state index in [1.54, 1.807) is 11.4 Å². The Hall–Kier alpha value is -2.43. The number of thiophene rings is 1. The average molecular weight is 289 g/mol. The van der Waals surface area contributed by atoms with Gasteiger partial charge in [-0.25, -0.2) is 5.10 Å². The highest BCUT2D eigenvalue weighted by molar-refractivity contribution is 7.10.